The largest absolute Gasteiger partial charge is 0.462 e. The van der Waals surface area contributed by atoms with E-state index in [0.29, 0.717) is 36.3 Å². The summed E-state index contributed by atoms with van der Waals surface area (Å²) in [6.45, 7) is 6.05. The molecule has 0 N–H and O–H groups in total. The highest BCUT2D eigenvalue weighted by atomic mass is 16.5. The summed E-state index contributed by atoms with van der Waals surface area (Å²) >= 11 is 0. The van der Waals surface area contributed by atoms with Gasteiger partial charge in [-0.25, -0.2) is 0 Å². The van der Waals surface area contributed by atoms with Gasteiger partial charge in [0.1, 0.15) is 11.9 Å². The summed E-state index contributed by atoms with van der Waals surface area (Å²) in [5.74, 6) is 2.32. The molecular weight excluding hydrogens is 352 g/mol. The zero-order valence-electron chi connectivity index (χ0n) is 17.3. The summed E-state index contributed by atoms with van der Waals surface area (Å²) in [4.78, 5) is 23.5. The van der Waals surface area contributed by atoms with Crippen molar-refractivity contribution in [2.45, 2.75) is 84.2 Å². The van der Waals surface area contributed by atoms with Crippen LogP contribution in [0.25, 0.3) is 0 Å². The lowest BCUT2D eigenvalue weighted by Crippen LogP contribution is -2.45. The highest BCUT2D eigenvalue weighted by Gasteiger charge is 2.56. The second kappa shape index (κ2) is 7.53. The summed E-state index contributed by atoms with van der Waals surface area (Å²) in [6, 6.07) is 6.23. The molecule has 28 heavy (non-hydrogen) atoms. The average molecular weight is 385 g/mol. The molecule has 5 atom stereocenters. The third kappa shape index (κ3) is 3.25. The number of hydrogen-bond acceptors (Lipinski definition) is 4. The van der Waals surface area contributed by atoms with E-state index in [9.17, 15) is 9.59 Å². The molecule has 0 aliphatic heterocycles. The summed E-state index contributed by atoms with van der Waals surface area (Å²) in [7, 11) is 0. The predicted molar refractivity (Wildman–Crippen MR) is 107 cm³/mol. The van der Waals surface area contributed by atoms with Crippen LogP contribution in [0, 0.1) is 17.3 Å². The van der Waals surface area contributed by atoms with Crippen molar-refractivity contribution in [1.82, 2.24) is 0 Å². The summed E-state index contributed by atoms with van der Waals surface area (Å²) in [6.07, 6.45) is 7.61. The number of hydrogen-bond donors (Lipinski definition) is 0. The molecule has 152 valence electrons. The van der Waals surface area contributed by atoms with Gasteiger partial charge in [0, 0.05) is 18.3 Å². The van der Waals surface area contributed by atoms with Crippen LogP contribution < -0.4 is 4.74 Å². The van der Waals surface area contributed by atoms with Crippen molar-refractivity contribution in [3.63, 3.8) is 0 Å². The Bertz CT molecular complexity index is 770. The fraction of sp³-hybridized carbons (Fsp3) is 0.667. The van der Waals surface area contributed by atoms with Crippen LogP contribution in [-0.4, -0.2) is 18.0 Å². The molecule has 0 bridgehead atoms. The molecule has 4 heteroatoms. The molecular formula is C24H32O4. The number of aryl methyl sites for hydroxylation is 1. The van der Waals surface area contributed by atoms with E-state index in [-0.39, 0.29) is 23.5 Å². The van der Waals surface area contributed by atoms with E-state index in [0.717, 1.165) is 25.7 Å². The van der Waals surface area contributed by atoms with E-state index in [4.69, 9.17) is 9.47 Å². The average Bonchev–Trinajstić information content (AvgIpc) is 3.03. The number of carbonyl (C=O) groups excluding carboxylic acids is 2. The van der Waals surface area contributed by atoms with Gasteiger partial charge in [0.05, 0.1) is 0 Å². The maximum absolute atomic E-state index is 11.9. The van der Waals surface area contributed by atoms with Crippen LogP contribution in [0.4, 0.5) is 0 Å². The van der Waals surface area contributed by atoms with E-state index < -0.39 is 0 Å². The lowest BCUT2D eigenvalue weighted by molar-refractivity contribution is -0.157. The summed E-state index contributed by atoms with van der Waals surface area (Å²) in [5.41, 5.74) is 2.92. The van der Waals surface area contributed by atoms with Crippen molar-refractivity contribution in [1.29, 1.82) is 0 Å². The SMILES string of the molecule is CCC(=O)Oc1ccc2c(c1)CC[C@H]1[C@H]3CC[C@H](OC(=O)CC)[C@@]3(C)CC[C@@H]21. The van der Waals surface area contributed by atoms with Gasteiger partial charge < -0.3 is 9.47 Å². The Labute approximate surface area is 168 Å². The molecule has 1 aromatic rings. The van der Waals surface area contributed by atoms with E-state index >= 15 is 0 Å². The minimum atomic E-state index is -0.180. The van der Waals surface area contributed by atoms with Gasteiger partial charge in [-0.1, -0.05) is 26.8 Å². The van der Waals surface area contributed by atoms with Crippen molar-refractivity contribution in [2.75, 3.05) is 0 Å². The van der Waals surface area contributed by atoms with Crippen LogP contribution in [0.5, 0.6) is 5.75 Å². The highest BCUT2D eigenvalue weighted by Crippen LogP contribution is 2.61. The molecule has 3 aliphatic carbocycles. The normalized spacial score (nSPS) is 33.4. The molecule has 0 amide bonds. The van der Waals surface area contributed by atoms with Crippen LogP contribution in [0.3, 0.4) is 0 Å². The van der Waals surface area contributed by atoms with Gasteiger partial charge in [0.25, 0.3) is 0 Å². The van der Waals surface area contributed by atoms with Gasteiger partial charge in [-0.3, -0.25) is 9.59 Å². The number of rotatable bonds is 4. The smallest absolute Gasteiger partial charge is 0.310 e. The molecule has 0 spiro atoms. The Morgan fingerprint density at radius 2 is 1.86 bits per heavy atom. The molecule has 2 fully saturated rings. The second-order valence-corrected chi connectivity index (χ2v) is 9.06. The Morgan fingerprint density at radius 3 is 2.61 bits per heavy atom. The number of benzene rings is 1. The Balaban J connectivity index is 1.54. The zero-order valence-corrected chi connectivity index (χ0v) is 17.3. The van der Waals surface area contributed by atoms with Gasteiger partial charge >= 0.3 is 11.9 Å². The first-order valence-corrected chi connectivity index (χ1v) is 11.0. The first kappa shape index (κ1) is 19.5. The molecule has 3 aliphatic rings. The van der Waals surface area contributed by atoms with Crippen molar-refractivity contribution in [2.24, 2.45) is 17.3 Å². The van der Waals surface area contributed by atoms with Crippen molar-refractivity contribution < 1.29 is 19.1 Å². The minimum absolute atomic E-state index is 0.0582. The molecule has 0 unspecified atom stereocenters. The standard InChI is InChI=1S/C24H32O4/c1-4-22(25)27-16-7-9-17-15(14-16)6-8-19-18(17)12-13-24(3)20(19)10-11-21(24)28-23(26)5-2/h7,9,14,18-21H,4-6,8,10-13H2,1-3H3/t18-,19+,20+,21-,24-/m0/s1. The van der Waals surface area contributed by atoms with Gasteiger partial charge in [0.15, 0.2) is 0 Å². The fourth-order valence-electron chi connectivity index (χ4n) is 6.21. The van der Waals surface area contributed by atoms with Gasteiger partial charge in [-0.15, -0.1) is 0 Å². The topological polar surface area (TPSA) is 52.6 Å². The predicted octanol–water partition coefficient (Wildman–Crippen LogP) is 5.18. The summed E-state index contributed by atoms with van der Waals surface area (Å²) in [5, 5.41) is 0. The second-order valence-electron chi connectivity index (χ2n) is 9.06. The highest BCUT2D eigenvalue weighted by molar-refractivity contribution is 5.72. The summed E-state index contributed by atoms with van der Waals surface area (Å²) < 4.78 is 11.3. The number of fused-ring (bicyclic) bond motifs is 5. The third-order valence-electron chi connectivity index (χ3n) is 7.69. The molecule has 0 radical (unpaired) electrons. The molecule has 0 heterocycles. The monoisotopic (exact) mass is 384 g/mol. The van der Waals surface area contributed by atoms with Gasteiger partial charge in [-0.05, 0) is 79.5 Å². The lowest BCUT2D eigenvalue weighted by atomic mass is 9.55. The van der Waals surface area contributed by atoms with Crippen LogP contribution in [0.15, 0.2) is 18.2 Å². The maximum atomic E-state index is 11.9. The first-order chi connectivity index (χ1) is 13.5. The lowest BCUT2D eigenvalue weighted by Gasteiger charge is -2.50. The number of carbonyl (C=O) groups is 2. The zero-order chi connectivity index (χ0) is 19.9. The van der Waals surface area contributed by atoms with Crippen LogP contribution >= 0.6 is 0 Å². The third-order valence-corrected chi connectivity index (χ3v) is 7.69. The Kier molecular flexibility index (Phi) is 5.24. The van der Waals surface area contributed by atoms with Crippen molar-refractivity contribution in [3.8, 4) is 5.75 Å². The van der Waals surface area contributed by atoms with Crippen molar-refractivity contribution in [3.05, 3.63) is 29.3 Å². The molecule has 2 saturated carbocycles. The van der Waals surface area contributed by atoms with E-state index in [2.05, 4.69) is 19.1 Å². The maximum Gasteiger partial charge on any atom is 0.310 e. The Morgan fingerprint density at radius 1 is 1.07 bits per heavy atom. The quantitative estimate of drug-likeness (QED) is 0.530. The molecule has 4 nitrogen and oxygen atoms in total. The van der Waals surface area contributed by atoms with E-state index in [1.54, 1.807) is 0 Å². The van der Waals surface area contributed by atoms with Gasteiger partial charge in [-0.2, -0.15) is 0 Å². The molecule has 4 rings (SSSR count). The first-order valence-electron chi connectivity index (χ1n) is 11.0. The molecule has 0 saturated heterocycles. The number of esters is 2. The molecule has 0 aromatic heterocycles. The van der Waals surface area contributed by atoms with Crippen LogP contribution in [0.1, 0.15) is 82.8 Å². The van der Waals surface area contributed by atoms with E-state index in [1.807, 2.05) is 19.9 Å². The Hall–Kier alpha value is -1.84. The number of ether oxygens (including phenoxy) is 2. The molecule has 1 aromatic carbocycles. The fourth-order valence-corrected chi connectivity index (χ4v) is 6.21. The van der Waals surface area contributed by atoms with Gasteiger partial charge in [0.2, 0.25) is 0 Å². The van der Waals surface area contributed by atoms with E-state index in [1.165, 1.54) is 24.0 Å². The van der Waals surface area contributed by atoms with Crippen molar-refractivity contribution >= 4 is 11.9 Å². The van der Waals surface area contributed by atoms with Crippen LogP contribution in [0.2, 0.25) is 0 Å². The minimum Gasteiger partial charge on any atom is -0.462 e. The van der Waals surface area contributed by atoms with Crippen LogP contribution in [-0.2, 0) is 20.7 Å².